The second kappa shape index (κ2) is 13.7. The number of carboxylic acids is 1. The average molecular weight is 539 g/mol. The van der Waals surface area contributed by atoms with Crippen LogP contribution in [-0.2, 0) is 32.0 Å². The number of nitrogens with zero attached hydrogens (tertiary/aromatic N) is 1. The van der Waals surface area contributed by atoms with Gasteiger partial charge in [-0.3, -0.25) is 14.4 Å². The lowest BCUT2D eigenvalue weighted by atomic mass is 9.98. The number of rotatable bonds is 12. The SMILES string of the molecule is CCC(C)C(N)C(=O)NC(Cc1ccccc1)C(=O)N1CCCC1C(=O)NC(Cc1ccc(O)cc1)C(=O)O. The number of phenols is 1. The first-order chi connectivity index (χ1) is 18.6. The zero-order chi connectivity index (χ0) is 28.5. The molecule has 1 heterocycles. The maximum Gasteiger partial charge on any atom is 0.326 e. The van der Waals surface area contributed by atoms with Crippen molar-refractivity contribution in [2.75, 3.05) is 6.54 Å². The summed E-state index contributed by atoms with van der Waals surface area (Å²) < 4.78 is 0. The number of phenolic OH excluding ortho intramolecular Hbond substituents is 1. The van der Waals surface area contributed by atoms with Gasteiger partial charge in [0.25, 0.3) is 0 Å². The van der Waals surface area contributed by atoms with Crippen molar-refractivity contribution in [2.24, 2.45) is 11.7 Å². The largest absolute Gasteiger partial charge is 0.508 e. The van der Waals surface area contributed by atoms with Crippen LogP contribution in [0.4, 0.5) is 0 Å². The topological polar surface area (TPSA) is 162 Å². The number of carboxylic acid groups (broad SMARTS) is 1. The Morgan fingerprint density at radius 2 is 1.59 bits per heavy atom. The summed E-state index contributed by atoms with van der Waals surface area (Å²) in [5.41, 5.74) is 7.60. The van der Waals surface area contributed by atoms with Crippen LogP contribution in [0.25, 0.3) is 0 Å². The predicted octanol–water partition coefficient (Wildman–Crippen LogP) is 1.60. The lowest BCUT2D eigenvalue weighted by Crippen LogP contribution is -2.58. The molecule has 10 nitrogen and oxygen atoms in total. The molecule has 1 saturated heterocycles. The first-order valence-electron chi connectivity index (χ1n) is 13.3. The van der Waals surface area contributed by atoms with Gasteiger partial charge in [-0.2, -0.15) is 0 Å². The Balaban J connectivity index is 1.76. The highest BCUT2D eigenvalue weighted by atomic mass is 16.4. The summed E-state index contributed by atoms with van der Waals surface area (Å²) in [6.07, 6.45) is 1.89. The number of amides is 3. The molecule has 5 unspecified atom stereocenters. The number of aromatic hydroxyl groups is 1. The fourth-order valence-electron chi connectivity index (χ4n) is 4.67. The number of likely N-dealkylation sites (tertiary alicyclic amines) is 1. The molecule has 10 heteroatoms. The Kier molecular flexibility index (Phi) is 10.4. The summed E-state index contributed by atoms with van der Waals surface area (Å²) in [6, 6.07) is 11.5. The highest BCUT2D eigenvalue weighted by Crippen LogP contribution is 2.21. The van der Waals surface area contributed by atoms with E-state index in [2.05, 4.69) is 10.6 Å². The van der Waals surface area contributed by atoms with Crippen LogP contribution in [0.1, 0.15) is 44.2 Å². The van der Waals surface area contributed by atoms with Crippen molar-refractivity contribution in [3.8, 4) is 5.75 Å². The van der Waals surface area contributed by atoms with Crippen LogP contribution in [-0.4, -0.2) is 69.5 Å². The third-order valence-corrected chi connectivity index (χ3v) is 7.29. The molecule has 0 saturated carbocycles. The molecule has 1 aliphatic heterocycles. The zero-order valence-electron chi connectivity index (χ0n) is 22.4. The van der Waals surface area contributed by atoms with E-state index in [1.54, 1.807) is 12.1 Å². The molecule has 3 amide bonds. The van der Waals surface area contributed by atoms with E-state index < -0.39 is 47.9 Å². The van der Waals surface area contributed by atoms with Crippen molar-refractivity contribution < 1.29 is 29.4 Å². The molecule has 0 radical (unpaired) electrons. The quantitative estimate of drug-likeness (QED) is 0.274. The Morgan fingerprint density at radius 3 is 2.21 bits per heavy atom. The molecule has 3 rings (SSSR count). The predicted molar refractivity (Wildman–Crippen MR) is 146 cm³/mol. The lowest BCUT2D eigenvalue weighted by molar-refractivity contribution is -0.145. The monoisotopic (exact) mass is 538 g/mol. The fourth-order valence-corrected chi connectivity index (χ4v) is 4.67. The van der Waals surface area contributed by atoms with E-state index >= 15 is 0 Å². The number of nitrogens with one attached hydrogen (secondary N) is 2. The van der Waals surface area contributed by atoms with Crippen LogP contribution in [0.15, 0.2) is 54.6 Å². The number of hydrogen-bond donors (Lipinski definition) is 5. The summed E-state index contributed by atoms with van der Waals surface area (Å²) in [7, 11) is 0. The van der Waals surface area contributed by atoms with Gasteiger partial charge >= 0.3 is 5.97 Å². The van der Waals surface area contributed by atoms with Crippen LogP contribution >= 0.6 is 0 Å². The van der Waals surface area contributed by atoms with Crippen molar-refractivity contribution in [3.05, 3.63) is 65.7 Å². The van der Waals surface area contributed by atoms with Crippen molar-refractivity contribution in [1.29, 1.82) is 0 Å². The minimum Gasteiger partial charge on any atom is -0.508 e. The molecular formula is C29H38N4O6. The van der Waals surface area contributed by atoms with Gasteiger partial charge in [0, 0.05) is 19.4 Å². The van der Waals surface area contributed by atoms with E-state index in [0.29, 0.717) is 31.4 Å². The highest BCUT2D eigenvalue weighted by molar-refractivity contribution is 5.94. The summed E-state index contributed by atoms with van der Waals surface area (Å²) in [5, 5.41) is 24.6. The standard InChI is InChI=1S/C29H38N4O6/c1-3-18(2)25(30)27(36)31-22(16-19-8-5-4-6-9-19)28(37)33-15-7-10-24(33)26(35)32-23(29(38)39)17-20-11-13-21(34)14-12-20/h4-6,8-9,11-14,18,22-25,34H,3,7,10,15-17,30H2,1-2H3,(H,31,36)(H,32,35)(H,38,39). The van der Waals surface area contributed by atoms with Crippen molar-refractivity contribution in [2.45, 2.75) is 70.1 Å². The van der Waals surface area contributed by atoms with Crippen molar-refractivity contribution in [3.63, 3.8) is 0 Å². The molecule has 210 valence electrons. The van der Waals surface area contributed by atoms with Crippen molar-refractivity contribution in [1.82, 2.24) is 15.5 Å². The average Bonchev–Trinajstić information content (AvgIpc) is 3.43. The van der Waals surface area contributed by atoms with Gasteiger partial charge < -0.3 is 31.5 Å². The molecule has 0 bridgehead atoms. The molecule has 1 fully saturated rings. The molecule has 0 aromatic heterocycles. The van der Waals surface area contributed by atoms with Gasteiger partial charge in [0.15, 0.2) is 0 Å². The summed E-state index contributed by atoms with van der Waals surface area (Å²) in [6.45, 7) is 4.12. The van der Waals surface area contributed by atoms with Crippen LogP contribution in [0.2, 0.25) is 0 Å². The van der Waals surface area contributed by atoms with Crippen LogP contribution in [0.5, 0.6) is 5.75 Å². The van der Waals surface area contributed by atoms with Crippen LogP contribution < -0.4 is 16.4 Å². The molecule has 0 aliphatic carbocycles. The van der Waals surface area contributed by atoms with Crippen molar-refractivity contribution >= 4 is 23.7 Å². The highest BCUT2D eigenvalue weighted by Gasteiger charge is 2.39. The lowest BCUT2D eigenvalue weighted by Gasteiger charge is -2.30. The van der Waals surface area contributed by atoms with Gasteiger partial charge in [0.1, 0.15) is 23.9 Å². The van der Waals surface area contributed by atoms with Gasteiger partial charge in [-0.05, 0) is 42.0 Å². The second-order valence-electron chi connectivity index (χ2n) is 10.1. The Hall–Kier alpha value is -3.92. The van der Waals surface area contributed by atoms with E-state index in [-0.39, 0.29) is 24.5 Å². The first kappa shape index (κ1) is 29.6. The minimum absolute atomic E-state index is 0.0161. The molecule has 2 aromatic carbocycles. The first-order valence-corrected chi connectivity index (χ1v) is 13.3. The van der Waals surface area contributed by atoms with Crippen LogP contribution in [0.3, 0.4) is 0 Å². The Bertz CT molecular complexity index is 1140. The smallest absolute Gasteiger partial charge is 0.326 e. The number of carbonyl (C=O) groups is 4. The van der Waals surface area contributed by atoms with Gasteiger partial charge in [-0.15, -0.1) is 0 Å². The van der Waals surface area contributed by atoms with Gasteiger partial charge in [0.2, 0.25) is 17.7 Å². The van der Waals surface area contributed by atoms with E-state index in [1.807, 2.05) is 44.2 Å². The molecule has 0 spiro atoms. The van der Waals surface area contributed by atoms with E-state index in [0.717, 1.165) is 5.56 Å². The summed E-state index contributed by atoms with van der Waals surface area (Å²) in [5.74, 6) is -2.64. The van der Waals surface area contributed by atoms with E-state index in [9.17, 15) is 29.4 Å². The summed E-state index contributed by atoms with van der Waals surface area (Å²) in [4.78, 5) is 53.3. The third kappa shape index (κ3) is 8.03. The Labute approximate surface area is 228 Å². The van der Waals surface area contributed by atoms with E-state index in [4.69, 9.17) is 5.73 Å². The molecule has 5 atom stereocenters. The Morgan fingerprint density at radius 1 is 0.974 bits per heavy atom. The molecule has 2 aromatic rings. The maximum atomic E-state index is 13.8. The van der Waals surface area contributed by atoms with Gasteiger partial charge in [-0.25, -0.2) is 4.79 Å². The fraction of sp³-hybridized carbons (Fsp3) is 0.448. The number of benzene rings is 2. The molecule has 1 aliphatic rings. The van der Waals surface area contributed by atoms with Gasteiger partial charge in [0.05, 0.1) is 6.04 Å². The normalized spacial score (nSPS) is 18.0. The third-order valence-electron chi connectivity index (χ3n) is 7.29. The number of aliphatic carboxylic acids is 1. The molecule has 6 N–H and O–H groups in total. The number of hydrogen-bond acceptors (Lipinski definition) is 6. The molecule has 39 heavy (non-hydrogen) atoms. The second-order valence-corrected chi connectivity index (χ2v) is 10.1. The maximum absolute atomic E-state index is 13.8. The minimum atomic E-state index is -1.21. The zero-order valence-corrected chi connectivity index (χ0v) is 22.4. The molecular weight excluding hydrogens is 500 g/mol. The van der Waals surface area contributed by atoms with Crippen LogP contribution in [0, 0.1) is 5.92 Å². The van der Waals surface area contributed by atoms with E-state index in [1.165, 1.54) is 17.0 Å². The van der Waals surface area contributed by atoms with Gasteiger partial charge in [-0.1, -0.05) is 62.7 Å². The summed E-state index contributed by atoms with van der Waals surface area (Å²) >= 11 is 0. The number of carbonyl (C=O) groups excluding carboxylic acids is 3. The number of nitrogens with two attached hydrogens (primary N) is 1.